The summed E-state index contributed by atoms with van der Waals surface area (Å²) in [5, 5.41) is 10.6. The molecule has 5 rings (SSSR count). The minimum absolute atomic E-state index is 0.0144. The van der Waals surface area contributed by atoms with E-state index < -0.39 is 10.0 Å². The number of aromatic hydroxyl groups is 1. The number of sulfonamides is 1. The van der Waals surface area contributed by atoms with Gasteiger partial charge in [-0.15, -0.1) is 0 Å². The van der Waals surface area contributed by atoms with E-state index >= 15 is 0 Å². The topological polar surface area (TPSA) is 126 Å². The quantitative estimate of drug-likeness (QED) is 0.251. The zero-order valence-corrected chi connectivity index (χ0v) is 22.5. The van der Waals surface area contributed by atoms with Crippen LogP contribution in [0.15, 0.2) is 72.9 Å². The van der Waals surface area contributed by atoms with Crippen molar-refractivity contribution < 1.29 is 23.1 Å². The van der Waals surface area contributed by atoms with E-state index in [1.807, 2.05) is 42.6 Å². The van der Waals surface area contributed by atoms with Gasteiger partial charge in [-0.25, -0.2) is 12.7 Å². The van der Waals surface area contributed by atoms with Gasteiger partial charge in [0.25, 0.3) is 0 Å². The van der Waals surface area contributed by atoms with Crippen LogP contribution in [0.1, 0.15) is 36.3 Å². The predicted molar refractivity (Wildman–Crippen MR) is 152 cm³/mol. The van der Waals surface area contributed by atoms with Gasteiger partial charge in [0.1, 0.15) is 11.5 Å². The van der Waals surface area contributed by atoms with Gasteiger partial charge in [-0.3, -0.25) is 4.79 Å². The maximum absolute atomic E-state index is 13.0. The van der Waals surface area contributed by atoms with E-state index in [0.717, 1.165) is 33.2 Å². The number of aromatic nitrogens is 1. The second kappa shape index (κ2) is 11.5. The molecule has 1 aliphatic rings. The fraction of sp³-hybridized carbons (Fsp3) is 0.300. The smallest absolute Gasteiger partial charge is 0.221 e. The Morgan fingerprint density at radius 1 is 1.03 bits per heavy atom. The molecule has 1 fully saturated rings. The third-order valence-corrected chi connectivity index (χ3v) is 9.25. The molecular formula is C30H33N3O5S. The molecule has 8 nitrogen and oxygen atoms in total. The number of rotatable bonds is 10. The summed E-state index contributed by atoms with van der Waals surface area (Å²) in [6, 6.07) is 20.7. The van der Waals surface area contributed by atoms with E-state index in [9.17, 15) is 18.3 Å². The average molecular weight is 548 g/mol. The van der Waals surface area contributed by atoms with Crippen molar-refractivity contribution in [2.75, 3.05) is 25.4 Å². The molecule has 0 saturated carbocycles. The summed E-state index contributed by atoms with van der Waals surface area (Å²) >= 11 is 0. The number of ether oxygens (including phenoxy) is 1. The number of fused-ring (bicyclic) bond motifs is 1. The van der Waals surface area contributed by atoms with E-state index in [2.05, 4.69) is 11.1 Å². The molecule has 1 aliphatic heterocycles. The fourth-order valence-corrected chi connectivity index (χ4v) is 6.88. The van der Waals surface area contributed by atoms with Crippen LogP contribution in [0.5, 0.6) is 11.5 Å². The maximum atomic E-state index is 13.0. The Labute approximate surface area is 228 Å². The number of nitrogens with one attached hydrogen (secondary N) is 1. The van der Waals surface area contributed by atoms with Crippen molar-refractivity contribution >= 4 is 26.8 Å². The van der Waals surface area contributed by atoms with Crippen molar-refractivity contribution in [3.8, 4) is 22.6 Å². The first-order valence-electron chi connectivity index (χ1n) is 13.2. The summed E-state index contributed by atoms with van der Waals surface area (Å²) in [4.78, 5) is 15.2. The fourth-order valence-electron chi connectivity index (χ4n) is 5.37. The van der Waals surface area contributed by atoms with Gasteiger partial charge in [-0.05, 0) is 71.7 Å². The maximum Gasteiger partial charge on any atom is 0.221 e. The Hall–Kier alpha value is -3.82. The van der Waals surface area contributed by atoms with E-state index in [1.54, 1.807) is 22.5 Å². The van der Waals surface area contributed by atoms with Gasteiger partial charge < -0.3 is 20.6 Å². The van der Waals surface area contributed by atoms with Gasteiger partial charge in [-0.2, -0.15) is 0 Å². The number of carbonyl (C=O) groups is 1. The Bertz CT molecular complexity index is 1560. The number of benzene rings is 3. The van der Waals surface area contributed by atoms with Crippen molar-refractivity contribution in [3.63, 3.8) is 0 Å². The summed E-state index contributed by atoms with van der Waals surface area (Å²) in [6.45, 7) is 1.17. The number of piperidine rings is 1. The average Bonchev–Trinajstić information content (AvgIpc) is 3.36. The van der Waals surface area contributed by atoms with Crippen LogP contribution in [-0.2, 0) is 21.2 Å². The van der Waals surface area contributed by atoms with Crippen molar-refractivity contribution in [2.24, 2.45) is 5.73 Å². The van der Waals surface area contributed by atoms with E-state index in [1.165, 1.54) is 6.07 Å². The lowest BCUT2D eigenvalue weighted by Gasteiger charge is -2.31. The van der Waals surface area contributed by atoms with Crippen molar-refractivity contribution in [2.45, 2.75) is 31.6 Å². The van der Waals surface area contributed by atoms with Crippen LogP contribution in [0.25, 0.3) is 22.0 Å². The van der Waals surface area contributed by atoms with Crippen molar-refractivity contribution in [3.05, 3.63) is 84.1 Å². The normalized spacial score (nSPS) is 15.0. The number of nitrogens with two attached hydrogens (primary N) is 1. The third-order valence-electron chi connectivity index (χ3n) is 7.29. The standard InChI is InChI=1S/C30H33N3O5S/c31-29(35)18-24-16-23(21-6-2-1-3-7-21)17-27-28(20-32-30(24)27)22-10-12-33(13-11-22)39(36,37)15-5-14-38-26-9-4-8-25(34)19-26/h1-4,6-9,16-17,19-20,22,32,34H,5,10-15,18H2,(H2,31,35). The number of hydrogen-bond acceptors (Lipinski definition) is 5. The number of amides is 1. The van der Waals surface area contributed by atoms with Crippen LogP contribution < -0.4 is 10.5 Å². The molecule has 39 heavy (non-hydrogen) atoms. The summed E-state index contributed by atoms with van der Waals surface area (Å²) < 4.78 is 33.1. The number of primary amides is 1. The molecule has 3 aromatic carbocycles. The molecule has 4 aromatic rings. The molecule has 2 heterocycles. The Morgan fingerprint density at radius 2 is 1.79 bits per heavy atom. The molecule has 4 N–H and O–H groups in total. The molecule has 0 atom stereocenters. The third kappa shape index (κ3) is 6.26. The van der Waals surface area contributed by atoms with Crippen LogP contribution in [0.2, 0.25) is 0 Å². The molecule has 0 spiro atoms. The molecule has 204 valence electrons. The minimum atomic E-state index is -3.40. The number of H-pyrrole nitrogens is 1. The highest BCUT2D eigenvalue weighted by Crippen LogP contribution is 2.37. The van der Waals surface area contributed by atoms with Crippen LogP contribution in [-0.4, -0.2) is 54.2 Å². The first-order valence-corrected chi connectivity index (χ1v) is 14.8. The van der Waals surface area contributed by atoms with E-state index in [4.69, 9.17) is 10.5 Å². The van der Waals surface area contributed by atoms with E-state index in [-0.39, 0.29) is 36.4 Å². The zero-order chi connectivity index (χ0) is 27.4. The lowest BCUT2D eigenvalue weighted by atomic mass is 9.88. The van der Waals surface area contributed by atoms with Gasteiger partial charge in [-0.1, -0.05) is 36.4 Å². The first-order chi connectivity index (χ1) is 18.8. The van der Waals surface area contributed by atoms with E-state index in [0.29, 0.717) is 38.1 Å². The second-order valence-electron chi connectivity index (χ2n) is 10.00. The minimum Gasteiger partial charge on any atom is -0.508 e. The number of nitrogens with zero attached hydrogens (tertiary/aromatic N) is 1. The van der Waals surface area contributed by atoms with Gasteiger partial charge in [0.05, 0.1) is 18.8 Å². The summed E-state index contributed by atoms with van der Waals surface area (Å²) in [7, 11) is -3.40. The summed E-state index contributed by atoms with van der Waals surface area (Å²) in [5.41, 5.74) is 10.5. The van der Waals surface area contributed by atoms with Gasteiger partial charge in [0.2, 0.25) is 15.9 Å². The highest BCUT2D eigenvalue weighted by atomic mass is 32.2. The van der Waals surface area contributed by atoms with Crippen LogP contribution >= 0.6 is 0 Å². The predicted octanol–water partition coefficient (Wildman–Crippen LogP) is 4.55. The summed E-state index contributed by atoms with van der Waals surface area (Å²) in [6.07, 6.45) is 3.94. The molecule has 9 heteroatoms. The van der Waals surface area contributed by atoms with Crippen LogP contribution in [0.3, 0.4) is 0 Å². The first kappa shape index (κ1) is 26.8. The van der Waals surface area contributed by atoms with Crippen LogP contribution in [0.4, 0.5) is 0 Å². The van der Waals surface area contributed by atoms with Gasteiger partial charge in [0, 0.05) is 36.3 Å². The van der Waals surface area contributed by atoms with Crippen molar-refractivity contribution in [1.29, 1.82) is 0 Å². The zero-order valence-electron chi connectivity index (χ0n) is 21.7. The molecule has 1 saturated heterocycles. The number of phenols is 1. The summed E-state index contributed by atoms with van der Waals surface area (Å²) in [5.74, 6) is 0.454. The number of carbonyl (C=O) groups excluding carboxylic acids is 1. The molecule has 0 radical (unpaired) electrons. The number of aromatic amines is 1. The molecule has 0 bridgehead atoms. The second-order valence-corrected chi connectivity index (χ2v) is 12.1. The Kier molecular flexibility index (Phi) is 7.90. The lowest BCUT2D eigenvalue weighted by Crippen LogP contribution is -2.39. The molecular weight excluding hydrogens is 514 g/mol. The monoisotopic (exact) mass is 547 g/mol. The van der Waals surface area contributed by atoms with Gasteiger partial charge in [0.15, 0.2) is 0 Å². The largest absolute Gasteiger partial charge is 0.508 e. The molecule has 1 aromatic heterocycles. The number of phenolic OH excluding ortho intramolecular Hbond substituents is 1. The molecule has 0 unspecified atom stereocenters. The molecule has 1 amide bonds. The molecule has 0 aliphatic carbocycles. The Morgan fingerprint density at radius 3 is 2.51 bits per heavy atom. The van der Waals surface area contributed by atoms with Crippen molar-refractivity contribution in [1.82, 2.24) is 9.29 Å². The highest BCUT2D eigenvalue weighted by Gasteiger charge is 2.30. The highest BCUT2D eigenvalue weighted by molar-refractivity contribution is 7.89. The van der Waals surface area contributed by atoms with Gasteiger partial charge >= 0.3 is 0 Å². The lowest BCUT2D eigenvalue weighted by molar-refractivity contribution is -0.117. The SMILES string of the molecule is NC(=O)Cc1cc(-c2ccccc2)cc2c(C3CCN(S(=O)(=O)CCCOc4cccc(O)c4)CC3)c[nH]c12. The Balaban J connectivity index is 1.26. The number of hydrogen-bond donors (Lipinski definition) is 3. The van der Waals surface area contributed by atoms with Crippen LogP contribution in [0, 0.1) is 0 Å².